The summed E-state index contributed by atoms with van der Waals surface area (Å²) in [6.07, 6.45) is 4.92. The van der Waals surface area contributed by atoms with Crippen molar-refractivity contribution in [3.8, 4) is 5.75 Å². The standard InChI is InChI=1S/C27H33N3O2/c1-19(2)30-16-21(23-10-4-5-11-25(23)30)15-29-17-24(20-8-6-9-22(14-20)32-3)27(18-29)13-7-12-26(31)28-27/h4-6,8-11,14,16,19,24H,7,12-13,15,17-18H2,1-3H3,(H,28,31)/t24-,27+/m0/s1. The molecule has 3 aromatic rings. The van der Waals surface area contributed by atoms with Gasteiger partial charge >= 0.3 is 0 Å². The van der Waals surface area contributed by atoms with E-state index in [1.807, 2.05) is 6.07 Å². The van der Waals surface area contributed by atoms with Crippen LogP contribution < -0.4 is 10.1 Å². The maximum Gasteiger partial charge on any atom is 0.220 e. The van der Waals surface area contributed by atoms with E-state index in [1.54, 1.807) is 7.11 Å². The molecule has 0 saturated carbocycles. The number of carbonyl (C=O) groups is 1. The van der Waals surface area contributed by atoms with Gasteiger partial charge in [-0.3, -0.25) is 9.69 Å². The van der Waals surface area contributed by atoms with Crippen LogP contribution >= 0.6 is 0 Å². The molecule has 0 unspecified atom stereocenters. The Labute approximate surface area is 190 Å². The quantitative estimate of drug-likeness (QED) is 0.627. The topological polar surface area (TPSA) is 46.5 Å². The van der Waals surface area contributed by atoms with E-state index in [0.29, 0.717) is 12.5 Å². The number of hydrogen-bond donors (Lipinski definition) is 1. The first kappa shape index (κ1) is 21.1. The fraction of sp³-hybridized carbons (Fsp3) is 0.444. The Morgan fingerprint density at radius 3 is 2.81 bits per heavy atom. The number of para-hydroxylation sites is 1. The lowest BCUT2D eigenvalue weighted by Gasteiger charge is -2.39. The van der Waals surface area contributed by atoms with Crippen LogP contribution in [-0.2, 0) is 11.3 Å². The Morgan fingerprint density at radius 2 is 2.03 bits per heavy atom. The van der Waals surface area contributed by atoms with Crippen molar-refractivity contribution < 1.29 is 9.53 Å². The third-order valence-electron chi connectivity index (χ3n) is 7.30. The SMILES string of the molecule is COc1cccc([C@@H]2CN(Cc3cn(C(C)C)c4ccccc34)C[C@]23CCCC(=O)N3)c1. The molecule has 1 aromatic heterocycles. The van der Waals surface area contributed by atoms with Crippen LogP contribution in [-0.4, -0.2) is 41.1 Å². The van der Waals surface area contributed by atoms with Crippen LogP contribution in [0.15, 0.2) is 54.7 Å². The van der Waals surface area contributed by atoms with E-state index >= 15 is 0 Å². The van der Waals surface area contributed by atoms with E-state index in [1.165, 1.54) is 22.0 Å². The molecule has 32 heavy (non-hydrogen) atoms. The number of piperidine rings is 1. The molecule has 2 atom stereocenters. The lowest BCUT2D eigenvalue weighted by Crippen LogP contribution is -2.56. The van der Waals surface area contributed by atoms with E-state index in [4.69, 9.17) is 4.74 Å². The van der Waals surface area contributed by atoms with E-state index < -0.39 is 0 Å². The highest BCUT2D eigenvalue weighted by Crippen LogP contribution is 2.43. The van der Waals surface area contributed by atoms with Gasteiger partial charge in [-0.2, -0.15) is 0 Å². The van der Waals surface area contributed by atoms with Gasteiger partial charge in [-0.15, -0.1) is 0 Å². The highest BCUT2D eigenvalue weighted by Gasteiger charge is 2.49. The molecule has 3 heterocycles. The summed E-state index contributed by atoms with van der Waals surface area (Å²) in [5.41, 5.74) is 3.69. The van der Waals surface area contributed by atoms with E-state index in [-0.39, 0.29) is 17.4 Å². The van der Waals surface area contributed by atoms with E-state index in [9.17, 15) is 4.79 Å². The molecule has 2 saturated heterocycles. The number of aromatic nitrogens is 1. The average molecular weight is 432 g/mol. The Bertz CT molecular complexity index is 1130. The number of likely N-dealkylation sites (tertiary alicyclic amines) is 1. The van der Waals surface area contributed by atoms with Gasteiger partial charge in [-0.1, -0.05) is 30.3 Å². The molecular weight excluding hydrogens is 398 g/mol. The zero-order valence-corrected chi connectivity index (χ0v) is 19.3. The zero-order valence-electron chi connectivity index (χ0n) is 19.3. The first-order valence-corrected chi connectivity index (χ1v) is 11.7. The van der Waals surface area contributed by atoms with Gasteiger partial charge in [-0.05, 0) is 56.0 Å². The van der Waals surface area contributed by atoms with Crippen molar-refractivity contribution in [1.82, 2.24) is 14.8 Å². The van der Waals surface area contributed by atoms with Crippen LogP contribution in [0.5, 0.6) is 5.75 Å². The number of nitrogens with zero attached hydrogens (tertiary/aromatic N) is 2. The maximum atomic E-state index is 12.5. The molecule has 0 aliphatic carbocycles. The molecule has 2 fully saturated rings. The summed E-state index contributed by atoms with van der Waals surface area (Å²) in [6.45, 7) is 7.16. The second kappa shape index (κ2) is 8.28. The minimum atomic E-state index is -0.210. The molecule has 5 rings (SSSR count). The summed E-state index contributed by atoms with van der Waals surface area (Å²) in [4.78, 5) is 15.0. The summed E-state index contributed by atoms with van der Waals surface area (Å²) < 4.78 is 7.88. The number of carbonyl (C=O) groups excluding carboxylic acids is 1. The molecular formula is C27H33N3O2. The Morgan fingerprint density at radius 1 is 1.19 bits per heavy atom. The predicted molar refractivity (Wildman–Crippen MR) is 128 cm³/mol. The van der Waals surface area contributed by atoms with Crippen LogP contribution in [0.25, 0.3) is 10.9 Å². The molecule has 5 nitrogen and oxygen atoms in total. The molecule has 0 bridgehead atoms. The van der Waals surface area contributed by atoms with Crippen LogP contribution in [0.2, 0.25) is 0 Å². The van der Waals surface area contributed by atoms with Crippen LogP contribution in [0.4, 0.5) is 0 Å². The van der Waals surface area contributed by atoms with Gasteiger partial charge in [0.1, 0.15) is 5.75 Å². The predicted octanol–water partition coefficient (Wildman–Crippen LogP) is 4.87. The van der Waals surface area contributed by atoms with Crippen molar-refractivity contribution in [2.24, 2.45) is 0 Å². The number of ether oxygens (including phenoxy) is 1. The fourth-order valence-electron chi connectivity index (χ4n) is 5.83. The van der Waals surface area contributed by atoms with Crippen molar-refractivity contribution in [3.05, 3.63) is 65.9 Å². The van der Waals surface area contributed by atoms with Crippen molar-refractivity contribution in [3.63, 3.8) is 0 Å². The lowest BCUT2D eigenvalue weighted by atomic mass is 9.76. The Kier molecular flexibility index (Phi) is 5.46. The third kappa shape index (κ3) is 3.69. The minimum Gasteiger partial charge on any atom is -0.497 e. The fourth-order valence-corrected chi connectivity index (χ4v) is 5.83. The van der Waals surface area contributed by atoms with Gasteiger partial charge < -0.3 is 14.6 Å². The van der Waals surface area contributed by atoms with Crippen LogP contribution in [0.1, 0.15) is 56.2 Å². The largest absolute Gasteiger partial charge is 0.497 e. The molecule has 2 aromatic carbocycles. The van der Waals surface area contributed by atoms with E-state index in [0.717, 1.165) is 38.2 Å². The second-order valence-electron chi connectivity index (χ2n) is 9.73. The van der Waals surface area contributed by atoms with Crippen molar-refractivity contribution in [2.45, 2.75) is 57.2 Å². The number of fused-ring (bicyclic) bond motifs is 1. The van der Waals surface area contributed by atoms with Gasteiger partial charge in [0.05, 0.1) is 12.6 Å². The van der Waals surface area contributed by atoms with Gasteiger partial charge in [0.2, 0.25) is 5.91 Å². The van der Waals surface area contributed by atoms with Crippen LogP contribution in [0, 0.1) is 0 Å². The molecule has 2 aliphatic heterocycles. The van der Waals surface area contributed by atoms with Crippen LogP contribution in [0.3, 0.4) is 0 Å². The summed E-state index contributed by atoms with van der Waals surface area (Å²) >= 11 is 0. The molecule has 2 aliphatic rings. The molecule has 168 valence electrons. The summed E-state index contributed by atoms with van der Waals surface area (Å²) in [5.74, 6) is 1.31. The zero-order chi connectivity index (χ0) is 22.3. The molecule has 1 spiro atoms. The first-order chi connectivity index (χ1) is 15.5. The molecule has 5 heteroatoms. The second-order valence-corrected chi connectivity index (χ2v) is 9.73. The number of benzene rings is 2. The molecule has 1 amide bonds. The summed E-state index contributed by atoms with van der Waals surface area (Å²) in [5, 5.41) is 4.75. The highest BCUT2D eigenvalue weighted by atomic mass is 16.5. The number of rotatable bonds is 5. The first-order valence-electron chi connectivity index (χ1n) is 11.7. The molecule has 0 radical (unpaired) electrons. The van der Waals surface area contributed by atoms with Crippen molar-refractivity contribution in [1.29, 1.82) is 0 Å². The normalized spacial score (nSPS) is 23.9. The van der Waals surface area contributed by atoms with Gasteiger partial charge in [0, 0.05) is 55.1 Å². The smallest absolute Gasteiger partial charge is 0.220 e. The van der Waals surface area contributed by atoms with Crippen molar-refractivity contribution >= 4 is 16.8 Å². The number of nitrogens with one attached hydrogen (secondary N) is 1. The number of methoxy groups -OCH3 is 1. The van der Waals surface area contributed by atoms with Gasteiger partial charge in [0.15, 0.2) is 0 Å². The van der Waals surface area contributed by atoms with Crippen molar-refractivity contribution in [2.75, 3.05) is 20.2 Å². The average Bonchev–Trinajstić information content (AvgIpc) is 3.32. The lowest BCUT2D eigenvalue weighted by molar-refractivity contribution is -0.125. The third-order valence-corrected chi connectivity index (χ3v) is 7.30. The minimum absolute atomic E-state index is 0.183. The summed E-state index contributed by atoms with van der Waals surface area (Å²) in [7, 11) is 1.71. The Balaban J connectivity index is 1.49. The van der Waals surface area contributed by atoms with Gasteiger partial charge in [-0.25, -0.2) is 0 Å². The van der Waals surface area contributed by atoms with E-state index in [2.05, 4.69) is 77.3 Å². The van der Waals surface area contributed by atoms with Gasteiger partial charge in [0.25, 0.3) is 0 Å². The highest BCUT2D eigenvalue weighted by molar-refractivity contribution is 5.84. The summed E-state index contributed by atoms with van der Waals surface area (Å²) in [6, 6.07) is 17.5. The number of amides is 1. The Hall–Kier alpha value is -2.79. The monoisotopic (exact) mass is 431 g/mol. The number of hydrogen-bond acceptors (Lipinski definition) is 3. The maximum absolute atomic E-state index is 12.5. The molecule has 1 N–H and O–H groups in total.